The topological polar surface area (TPSA) is 141 Å². The molecule has 1 aromatic heterocycles. The van der Waals surface area contributed by atoms with E-state index in [1.54, 1.807) is 18.7 Å². The minimum Gasteiger partial charge on any atom is -0.493 e. The normalized spacial score (nSPS) is 16.6. The number of aromatic nitrogens is 2. The standard InChI is InChI=1S/C21H29N5O7S/c1-31-17-6-5-16(13-18(17)32-2)34(29,30)26-10-4-12-33-19(26)14-24-21(28)20(27)23-7-3-9-25-11-8-22-15-25/h5-6,8,11,13,15,19H,3-4,7,9-10,12,14H2,1-2H3,(H,23,27)(H,24,28)/t19-/m1/s1. The summed E-state index contributed by atoms with van der Waals surface area (Å²) in [6.45, 7) is 1.33. The van der Waals surface area contributed by atoms with Gasteiger partial charge < -0.3 is 29.4 Å². The summed E-state index contributed by atoms with van der Waals surface area (Å²) in [5.41, 5.74) is 0. The Bertz CT molecular complexity index is 1080. The van der Waals surface area contributed by atoms with Crippen LogP contribution in [0.5, 0.6) is 11.5 Å². The van der Waals surface area contributed by atoms with Crippen molar-refractivity contribution in [2.75, 3.05) is 40.5 Å². The van der Waals surface area contributed by atoms with Crippen LogP contribution in [0.15, 0.2) is 41.8 Å². The number of carbonyl (C=O) groups excluding carboxylic acids is 2. The number of imidazole rings is 1. The number of rotatable bonds is 10. The zero-order valence-electron chi connectivity index (χ0n) is 19.1. The van der Waals surface area contributed by atoms with E-state index < -0.39 is 28.1 Å². The molecule has 1 aromatic carbocycles. The third kappa shape index (κ3) is 6.24. The fourth-order valence-corrected chi connectivity index (χ4v) is 5.02. The lowest BCUT2D eigenvalue weighted by Crippen LogP contribution is -2.53. The van der Waals surface area contributed by atoms with Gasteiger partial charge >= 0.3 is 11.8 Å². The predicted molar refractivity (Wildman–Crippen MR) is 121 cm³/mol. The number of amides is 2. The SMILES string of the molecule is COc1ccc(S(=O)(=O)N2CCCO[C@@H]2CNC(=O)C(=O)NCCCn2ccnc2)cc1OC. The molecule has 0 spiro atoms. The lowest BCUT2D eigenvalue weighted by atomic mass is 10.3. The Balaban J connectivity index is 1.56. The molecule has 2 amide bonds. The molecule has 1 fully saturated rings. The van der Waals surface area contributed by atoms with Crippen LogP contribution in [0.4, 0.5) is 0 Å². The highest BCUT2D eigenvalue weighted by molar-refractivity contribution is 7.89. The number of carbonyl (C=O) groups is 2. The molecule has 13 heteroatoms. The van der Waals surface area contributed by atoms with Crippen LogP contribution in [0.25, 0.3) is 0 Å². The number of nitrogens with zero attached hydrogens (tertiary/aromatic N) is 3. The quantitative estimate of drug-likeness (QED) is 0.346. The van der Waals surface area contributed by atoms with Crippen molar-refractivity contribution in [3.8, 4) is 11.5 Å². The molecule has 0 unspecified atom stereocenters. The number of nitrogens with one attached hydrogen (secondary N) is 2. The number of aryl methyl sites for hydroxylation is 1. The lowest BCUT2D eigenvalue weighted by Gasteiger charge is -2.34. The molecule has 34 heavy (non-hydrogen) atoms. The Kier molecular flexibility index (Phi) is 8.85. The molecule has 0 bridgehead atoms. The van der Waals surface area contributed by atoms with Gasteiger partial charge in [0.25, 0.3) is 0 Å². The zero-order chi connectivity index (χ0) is 24.6. The van der Waals surface area contributed by atoms with E-state index in [1.165, 1.54) is 36.7 Å². The van der Waals surface area contributed by atoms with Crippen molar-refractivity contribution in [2.45, 2.75) is 30.5 Å². The lowest BCUT2D eigenvalue weighted by molar-refractivity contribution is -0.140. The van der Waals surface area contributed by atoms with E-state index in [-0.39, 0.29) is 23.7 Å². The van der Waals surface area contributed by atoms with Crippen LogP contribution in [0.1, 0.15) is 12.8 Å². The Morgan fingerprint density at radius 3 is 2.65 bits per heavy atom. The van der Waals surface area contributed by atoms with Crippen molar-refractivity contribution in [3.05, 3.63) is 36.9 Å². The first-order valence-corrected chi connectivity index (χ1v) is 12.2. The largest absolute Gasteiger partial charge is 0.493 e. The number of ether oxygens (including phenoxy) is 3. The maximum Gasteiger partial charge on any atom is 0.309 e. The van der Waals surface area contributed by atoms with Crippen molar-refractivity contribution < 1.29 is 32.2 Å². The second-order valence-electron chi connectivity index (χ2n) is 7.43. The minimum atomic E-state index is -3.96. The number of sulfonamides is 1. The summed E-state index contributed by atoms with van der Waals surface area (Å²) >= 11 is 0. The van der Waals surface area contributed by atoms with Crippen LogP contribution >= 0.6 is 0 Å². The van der Waals surface area contributed by atoms with Crippen molar-refractivity contribution in [2.24, 2.45) is 0 Å². The Hall–Kier alpha value is -3.16. The summed E-state index contributed by atoms with van der Waals surface area (Å²) in [6.07, 6.45) is 5.30. The second-order valence-corrected chi connectivity index (χ2v) is 9.32. The van der Waals surface area contributed by atoms with Crippen LogP contribution in [0.2, 0.25) is 0 Å². The summed E-state index contributed by atoms with van der Waals surface area (Å²) in [6, 6.07) is 4.29. The van der Waals surface area contributed by atoms with Crippen molar-refractivity contribution in [1.82, 2.24) is 24.5 Å². The molecular weight excluding hydrogens is 466 g/mol. The average Bonchev–Trinajstić information content (AvgIpc) is 3.38. The zero-order valence-corrected chi connectivity index (χ0v) is 19.9. The fraction of sp³-hybridized carbons (Fsp3) is 0.476. The van der Waals surface area contributed by atoms with E-state index in [9.17, 15) is 18.0 Å². The molecule has 186 valence electrons. The van der Waals surface area contributed by atoms with E-state index in [4.69, 9.17) is 14.2 Å². The van der Waals surface area contributed by atoms with E-state index in [1.807, 2.05) is 4.57 Å². The van der Waals surface area contributed by atoms with Gasteiger partial charge in [0.05, 0.1) is 38.6 Å². The summed E-state index contributed by atoms with van der Waals surface area (Å²) < 4.78 is 45.5. The molecule has 3 rings (SSSR count). The predicted octanol–water partition coefficient (Wildman–Crippen LogP) is -0.0399. The number of hydrogen-bond acceptors (Lipinski definition) is 8. The first-order chi connectivity index (χ1) is 16.4. The smallest absolute Gasteiger partial charge is 0.309 e. The summed E-state index contributed by atoms with van der Waals surface area (Å²) in [5.74, 6) is -0.983. The third-order valence-corrected chi connectivity index (χ3v) is 7.08. The number of benzene rings is 1. The van der Waals surface area contributed by atoms with Gasteiger partial charge in [-0.2, -0.15) is 4.31 Å². The molecule has 0 aliphatic carbocycles. The average molecular weight is 496 g/mol. The van der Waals surface area contributed by atoms with Crippen LogP contribution in [0.3, 0.4) is 0 Å². The minimum absolute atomic E-state index is 0.00242. The van der Waals surface area contributed by atoms with Crippen molar-refractivity contribution in [3.63, 3.8) is 0 Å². The second kappa shape index (κ2) is 11.8. The van der Waals surface area contributed by atoms with Crippen molar-refractivity contribution >= 4 is 21.8 Å². The molecule has 1 atom stereocenters. The summed E-state index contributed by atoms with van der Waals surface area (Å²) in [7, 11) is -1.09. The van der Waals surface area contributed by atoms with Crippen molar-refractivity contribution in [1.29, 1.82) is 0 Å². The molecule has 0 radical (unpaired) electrons. The first-order valence-electron chi connectivity index (χ1n) is 10.7. The van der Waals surface area contributed by atoms with Gasteiger partial charge in [-0.25, -0.2) is 13.4 Å². The van der Waals surface area contributed by atoms with Gasteiger partial charge in [0.15, 0.2) is 11.5 Å². The summed E-state index contributed by atoms with van der Waals surface area (Å²) in [4.78, 5) is 28.2. The Labute approximate surface area is 198 Å². The fourth-order valence-electron chi connectivity index (χ4n) is 3.44. The van der Waals surface area contributed by atoms with Gasteiger partial charge in [-0.3, -0.25) is 9.59 Å². The molecule has 2 heterocycles. The summed E-state index contributed by atoms with van der Waals surface area (Å²) in [5, 5.41) is 5.00. The Morgan fingerprint density at radius 2 is 1.94 bits per heavy atom. The van der Waals surface area contributed by atoms with Crippen LogP contribution in [-0.2, 0) is 30.9 Å². The number of methoxy groups -OCH3 is 2. The monoisotopic (exact) mass is 495 g/mol. The molecular formula is C21H29N5O7S. The van der Waals surface area contributed by atoms with E-state index in [2.05, 4.69) is 15.6 Å². The van der Waals surface area contributed by atoms with Gasteiger partial charge in [0, 0.05) is 38.1 Å². The van der Waals surface area contributed by atoms with Crippen LogP contribution in [-0.4, -0.2) is 80.8 Å². The molecule has 1 aliphatic heterocycles. The van der Waals surface area contributed by atoms with Gasteiger partial charge in [0.2, 0.25) is 10.0 Å². The van der Waals surface area contributed by atoms with Crippen LogP contribution in [0, 0.1) is 0 Å². The maximum absolute atomic E-state index is 13.3. The molecule has 1 aliphatic rings. The molecule has 2 N–H and O–H groups in total. The molecule has 1 saturated heterocycles. The van der Waals surface area contributed by atoms with E-state index in [0.717, 1.165) is 0 Å². The van der Waals surface area contributed by atoms with E-state index in [0.29, 0.717) is 38.3 Å². The van der Waals surface area contributed by atoms with Gasteiger partial charge in [-0.15, -0.1) is 0 Å². The molecule has 0 saturated carbocycles. The maximum atomic E-state index is 13.3. The number of hydrogen-bond donors (Lipinski definition) is 2. The van der Waals surface area contributed by atoms with Crippen LogP contribution < -0.4 is 20.1 Å². The highest BCUT2D eigenvalue weighted by Gasteiger charge is 2.35. The van der Waals surface area contributed by atoms with E-state index >= 15 is 0 Å². The molecule has 2 aromatic rings. The first kappa shape index (κ1) is 25.5. The van der Waals surface area contributed by atoms with Gasteiger partial charge in [0.1, 0.15) is 6.23 Å². The van der Waals surface area contributed by atoms with Gasteiger partial charge in [-0.05, 0) is 25.0 Å². The third-order valence-electron chi connectivity index (χ3n) is 5.20. The van der Waals surface area contributed by atoms with Gasteiger partial charge in [-0.1, -0.05) is 0 Å². The highest BCUT2D eigenvalue weighted by Crippen LogP contribution is 2.31. The highest BCUT2D eigenvalue weighted by atomic mass is 32.2. The molecule has 12 nitrogen and oxygen atoms in total. The Morgan fingerprint density at radius 1 is 1.18 bits per heavy atom.